The second kappa shape index (κ2) is 11.2. The average molecular weight is 532 g/mol. The standard InChI is InChI=1S/C28H41N3O5S/c1-6-9-17(5)29-26(34)24-28-16(4)14-21(37-28)22(23(28)27(35)31(24)19(7-2)15-32)25(33)30-18-10-12-20(13-11-18)36-8-3/h10-13,16-17,19,21-24,32H,6-9,14-15H2,1-5H3,(H,29,34)(H,30,33)/t16?,17?,19-,21-,22+,23-,24?,28?/m0/s1. The smallest absolute Gasteiger partial charge is 0.244 e. The molecule has 3 amide bonds. The fraction of sp³-hybridized carbons (Fsp3) is 0.679. The number of benzene rings is 1. The van der Waals surface area contributed by atoms with Gasteiger partial charge >= 0.3 is 0 Å². The minimum atomic E-state index is -0.713. The number of aliphatic hydroxyl groups excluding tert-OH is 1. The molecule has 204 valence electrons. The van der Waals surface area contributed by atoms with Crippen LogP contribution in [0.5, 0.6) is 5.75 Å². The van der Waals surface area contributed by atoms with Gasteiger partial charge < -0.3 is 25.4 Å². The number of hydrogen-bond acceptors (Lipinski definition) is 6. The van der Waals surface area contributed by atoms with Gasteiger partial charge in [0, 0.05) is 17.0 Å². The van der Waals surface area contributed by atoms with Crippen molar-refractivity contribution >= 4 is 35.2 Å². The molecule has 1 aromatic rings. The van der Waals surface area contributed by atoms with Crippen LogP contribution < -0.4 is 15.4 Å². The minimum absolute atomic E-state index is 0.0169. The summed E-state index contributed by atoms with van der Waals surface area (Å²) in [6, 6.07) is 6.03. The summed E-state index contributed by atoms with van der Waals surface area (Å²) in [7, 11) is 0. The Hall–Kier alpha value is -2.26. The van der Waals surface area contributed by atoms with Gasteiger partial charge in [0.05, 0.1) is 35.8 Å². The lowest BCUT2D eigenvalue weighted by Gasteiger charge is -2.40. The molecule has 37 heavy (non-hydrogen) atoms. The van der Waals surface area contributed by atoms with Gasteiger partial charge in [-0.15, -0.1) is 11.8 Å². The van der Waals surface area contributed by atoms with Crippen molar-refractivity contribution in [3.05, 3.63) is 24.3 Å². The zero-order valence-corrected chi connectivity index (χ0v) is 23.3. The van der Waals surface area contributed by atoms with E-state index in [2.05, 4.69) is 24.5 Å². The van der Waals surface area contributed by atoms with Gasteiger partial charge in [-0.2, -0.15) is 0 Å². The number of likely N-dealkylation sites (tertiary alicyclic amines) is 1. The number of nitrogens with zero attached hydrogens (tertiary/aromatic N) is 1. The lowest BCUT2D eigenvalue weighted by molar-refractivity contribution is -0.142. The Balaban J connectivity index is 1.66. The van der Waals surface area contributed by atoms with Crippen molar-refractivity contribution < 1.29 is 24.2 Å². The number of ether oxygens (including phenoxy) is 1. The van der Waals surface area contributed by atoms with Crippen molar-refractivity contribution in [3.63, 3.8) is 0 Å². The Bertz CT molecular complexity index is 1000. The summed E-state index contributed by atoms with van der Waals surface area (Å²) in [6.07, 6.45) is 3.09. The highest BCUT2D eigenvalue weighted by atomic mass is 32.2. The molecule has 3 aliphatic rings. The summed E-state index contributed by atoms with van der Waals surface area (Å²) < 4.78 is 4.80. The number of aliphatic hydroxyl groups is 1. The lowest BCUT2D eigenvalue weighted by Crippen LogP contribution is -2.59. The first-order valence-corrected chi connectivity index (χ1v) is 14.6. The monoisotopic (exact) mass is 531 g/mol. The van der Waals surface area contributed by atoms with Gasteiger partial charge in [-0.25, -0.2) is 0 Å². The van der Waals surface area contributed by atoms with E-state index in [1.165, 1.54) is 0 Å². The van der Waals surface area contributed by atoms with E-state index in [4.69, 9.17) is 4.74 Å². The number of amides is 3. The van der Waals surface area contributed by atoms with Gasteiger partial charge in [0.25, 0.3) is 0 Å². The highest BCUT2D eigenvalue weighted by Crippen LogP contribution is 2.68. The number of rotatable bonds is 11. The van der Waals surface area contributed by atoms with Crippen LogP contribution in [0.4, 0.5) is 5.69 Å². The van der Waals surface area contributed by atoms with E-state index >= 15 is 0 Å². The number of nitrogens with one attached hydrogen (secondary N) is 2. The number of carbonyl (C=O) groups excluding carboxylic acids is 3. The van der Waals surface area contributed by atoms with Gasteiger partial charge in [0.2, 0.25) is 17.7 Å². The van der Waals surface area contributed by atoms with Crippen molar-refractivity contribution in [2.75, 3.05) is 18.5 Å². The average Bonchev–Trinajstić information content (AvgIpc) is 3.45. The SMILES string of the molecule is CCCC(C)NC(=O)C1N([C@@H](CC)CO)C(=O)[C@@H]2[C@H](C(=O)Nc3ccc(OCC)cc3)[C@@H]3CC(C)C12S3. The normalized spacial score (nSPS) is 31.7. The number of carbonyl (C=O) groups is 3. The van der Waals surface area contributed by atoms with E-state index in [-0.39, 0.29) is 41.5 Å². The molecule has 0 saturated carbocycles. The third-order valence-electron chi connectivity index (χ3n) is 8.35. The van der Waals surface area contributed by atoms with Gasteiger partial charge in [-0.05, 0) is 63.3 Å². The number of fused-ring (bicyclic) bond motifs is 1. The van der Waals surface area contributed by atoms with Crippen molar-refractivity contribution in [1.82, 2.24) is 10.2 Å². The maximum atomic E-state index is 14.1. The van der Waals surface area contributed by atoms with Crippen LogP contribution >= 0.6 is 11.8 Å². The Morgan fingerprint density at radius 2 is 1.92 bits per heavy atom. The highest BCUT2D eigenvalue weighted by molar-refractivity contribution is 8.02. The molecule has 1 spiro atoms. The topological polar surface area (TPSA) is 108 Å². The summed E-state index contributed by atoms with van der Waals surface area (Å²) in [4.78, 5) is 43.3. The van der Waals surface area contributed by atoms with Crippen LogP contribution in [0.15, 0.2) is 24.3 Å². The fourth-order valence-corrected chi connectivity index (χ4v) is 9.13. The second-order valence-corrected chi connectivity index (χ2v) is 12.2. The minimum Gasteiger partial charge on any atom is -0.494 e. The number of anilines is 1. The molecule has 3 saturated heterocycles. The predicted molar refractivity (Wildman–Crippen MR) is 145 cm³/mol. The molecule has 9 heteroatoms. The lowest BCUT2D eigenvalue weighted by atomic mass is 9.65. The molecular weight excluding hydrogens is 490 g/mol. The van der Waals surface area contributed by atoms with E-state index < -0.39 is 28.7 Å². The van der Waals surface area contributed by atoms with E-state index in [1.54, 1.807) is 28.8 Å². The molecule has 1 aromatic carbocycles. The highest BCUT2D eigenvalue weighted by Gasteiger charge is 2.76. The maximum Gasteiger partial charge on any atom is 0.244 e. The summed E-state index contributed by atoms with van der Waals surface area (Å²) in [5, 5.41) is 16.3. The van der Waals surface area contributed by atoms with E-state index in [9.17, 15) is 19.5 Å². The molecular formula is C28H41N3O5S. The fourth-order valence-electron chi connectivity index (χ4n) is 6.72. The van der Waals surface area contributed by atoms with Gasteiger partial charge in [-0.3, -0.25) is 14.4 Å². The van der Waals surface area contributed by atoms with Crippen LogP contribution in [0.1, 0.15) is 60.3 Å². The van der Waals surface area contributed by atoms with Crippen LogP contribution in [0.2, 0.25) is 0 Å². The van der Waals surface area contributed by atoms with E-state index in [0.717, 1.165) is 25.0 Å². The summed E-state index contributed by atoms with van der Waals surface area (Å²) >= 11 is 1.65. The quantitative estimate of drug-likeness (QED) is 0.404. The molecule has 3 fully saturated rings. The van der Waals surface area contributed by atoms with Crippen molar-refractivity contribution in [2.24, 2.45) is 17.8 Å². The molecule has 0 radical (unpaired) electrons. The summed E-state index contributed by atoms with van der Waals surface area (Å²) in [5.74, 6) is -0.868. The van der Waals surface area contributed by atoms with Crippen molar-refractivity contribution in [2.45, 2.75) is 88.4 Å². The molecule has 0 aliphatic carbocycles. The maximum absolute atomic E-state index is 14.1. The molecule has 4 rings (SSSR count). The van der Waals surface area contributed by atoms with Crippen LogP contribution in [-0.2, 0) is 14.4 Å². The Morgan fingerprint density at radius 1 is 1.22 bits per heavy atom. The summed E-state index contributed by atoms with van der Waals surface area (Å²) in [6.45, 7) is 10.3. The third-order valence-corrected chi connectivity index (χ3v) is 10.4. The van der Waals surface area contributed by atoms with Gasteiger partial charge in [0.1, 0.15) is 11.8 Å². The Morgan fingerprint density at radius 3 is 2.51 bits per heavy atom. The molecule has 0 aromatic heterocycles. The number of thioether (sulfide) groups is 1. The molecule has 3 heterocycles. The van der Waals surface area contributed by atoms with E-state index in [0.29, 0.717) is 18.7 Å². The molecule has 3 N–H and O–H groups in total. The Labute approximate surface area is 224 Å². The predicted octanol–water partition coefficient (Wildman–Crippen LogP) is 3.44. The molecule has 2 bridgehead atoms. The van der Waals surface area contributed by atoms with Gasteiger partial charge in [-0.1, -0.05) is 27.2 Å². The first-order valence-electron chi connectivity index (χ1n) is 13.7. The zero-order valence-electron chi connectivity index (χ0n) is 22.5. The molecule has 8 nitrogen and oxygen atoms in total. The second-order valence-electron chi connectivity index (χ2n) is 10.7. The summed E-state index contributed by atoms with van der Waals surface area (Å²) in [5.41, 5.74) is 0.648. The third kappa shape index (κ3) is 4.73. The van der Waals surface area contributed by atoms with Crippen molar-refractivity contribution in [1.29, 1.82) is 0 Å². The molecule has 3 aliphatic heterocycles. The van der Waals surface area contributed by atoms with Crippen LogP contribution in [-0.4, -0.2) is 69.1 Å². The van der Waals surface area contributed by atoms with Gasteiger partial charge in [0.15, 0.2) is 0 Å². The van der Waals surface area contributed by atoms with Crippen LogP contribution in [0, 0.1) is 17.8 Å². The number of hydrogen-bond donors (Lipinski definition) is 3. The van der Waals surface area contributed by atoms with Crippen molar-refractivity contribution in [3.8, 4) is 5.75 Å². The zero-order chi connectivity index (χ0) is 26.9. The first-order chi connectivity index (χ1) is 17.7. The molecule has 4 unspecified atom stereocenters. The van der Waals surface area contributed by atoms with Crippen LogP contribution in [0.25, 0.3) is 0 Å². The van der Waals surface area contributed by atoms with Crippen LogP contribution in [0.3, 0.4) is 0 Å². The molecule has 8 atom stereocenters. The largest absolute Gasteiger partial charge is 0.494 e. The first kappa shape index (κ1) is 27.8. The Kier molecular flexibility index (Phi) is 8.43. The van der Waals surface area contributed by atoms with E-state index in [1.807, 2.05) is 32.9 Å².